The van der Waals surface area contributed by atoms with E-state index in [-0.39, 0.29) is 17.8 Å². The lowest BCUT2D eigenvalue weighted by Gasteiger charge is -2.47. The van der Waals surface area contributed by atoms with Crippen LogP contribution in [0, 0.1) is 0 Å². The van der Waals surface area contributed by atoms with Crippen molar-refractivity contribution in [2.24, 2.45) is 0 Å². The molecule has 0 spiro atoms. The summed E-state index contributed by atoms with van der Waals surface area (Å²) in [5.41, 5.74) is 3.42. The van der Waals surface area contributed by atoms with E-state index in [1.807, 2.05) is 36.4 Å². The molecule has 6 nitrogen and oxygen atoms in total. The SMILES string of the molecule is COc1ccc(C2CC(c3ccc(OC)cc3OC)C2c2ccc(OC)cc2OC)c(OC)c1. The lowest BCUT2D eigenvalue weighted by Crippen LogP contribution is -2.32. The molecule has 2 unspecified atom stereocenters. The Morgan fingerprint density at radius 3 is 1.18 bits per heavy atom. The van der Waals surface area contributed by atoms with Crippen molar-refractivity contribution in [3.05, 3.63) is 71.3 Å². The van der Waals surface area contributed by atoms with Gasteiger partial charge in [0.1, 0.15) is 34.5 Å². The fourth-order valence-electron chi connectivity index (χ4n) is 5.07. The van der Waals surface area contributed by atoms with Crippen molar-refractivity contribution in [1.82, 2.24) is 0 Å². The van der Waals surface area contributed by atoms with Crippen molar-refractivity contribution in [3.8, 4) is 34.5 Å². The van der Waals surface area contributed by atoms with Crippen LogP contribution in [0.25, 0.3) is 0 Å². The van der Waals surface area contributed by atoms with E-state index in [1.165, 1.54) is 0 Å². The molecular weight excluding hydrogens is 432 g/mol. The Hall–Kier alpha value is -3.54. The van der Waals surface area contributed by atoms with E-state index in [4.69, 9.17) is 28.4 Å². The van der Waals surface area contributed by atoms with Crippen LogP contribution in [0.15, 0.2) is 54.6 Å². The second-order valence-corrected chi connectivity index (χ2v) is 8.30. The quantitative estimate of drug-likeness (QED) is 0.399. The topological polar surface area (TPSA) is 55.4 Å². The van der Waals surface area contributed by atoms with Gasteiger partial charge in [0.05, 0.1) is 42.7 Å². The van der Waals surface area contributed by atoms with Crippen molar-refractivity contribution < 1.29 is 28.4 Å². The summed E-state index contributed by atoms with van der Waals surface area (Å²) in [6.07, 6.45) is 0.936. The largest absolute Gasteiger partial charge is 0.497 e. The molecule has 0 aromatic heterocycles. The first-order valence-corrected chi connectivity index (χ1v) is 11.2. The molecule has 180 valence electrons. The molecule has 0 bridgehead atoms. The zero-order valence-corrected chi connectivity index (χ0v) is 20.6. The van der Waals surface area contributed by atoms with E-state index in [0.29, 0.717) is 0 Å². The third-order valence-corrected chi connectivity index (χ3v) is 6.85. The zero-order valence-electron chi connectivity index (χ0n) is 20.6. The smallest absolute Gasteiger partial charge is 0.126 e. The highest BCUT2D eigenvalue weighted by Gasteiger charge is 2.46. The average Bonchev–Trinajstić information content (AvgIpc) is 2.88. The number of ether oxygens (including phenoxy) is 6. The molecule has 0 radical (unpaired) electrons. The summed E-state index contributed by atoms with van der Waals surface area (Å²) in [5.74, 6) is 5.34. The Labute approximate surface area is 201 Å². The first-order valence-electron chi connectivity index (χ1n) is 11.2. The molecule has 3 aromatic carbocycles. The summed E-state index contributed by atoms with van der Waals surface area (Å²) < 4.78 is 33.6. The Balaban J connectivity index is 1.83. The third kappa shape index (κ3) is 4.20. The second-order valence-electron chi connectivity index (χ2n) is 8.30. The van der Waals surface area contributed by atoms with Gasteiger partial charge in [-0.2, -0.15) is 0 Å². The minimum Gasteiger partial charge on any atom is -0.497 e. The van der Waals surface area contributed by atoms with E-state index in [1.54, 1.807) is 42.7 Å². The van der Waals surface area contributed by atoms with Crippen molar-refractivity contribution >= 4 is 0 Å². The van der Waals surface area contributed by atoms with E-state index in [2.05, 4.69) is 18.2 Å². The Kier molecular flexibility index (Phi) is 7.06. The molecule has 0 amide bonds. The van der Waals surface area contributed by atoms with Crippen LogP contribution in [-0.2, 0) is 0 Å². The fraction of sp³-hybridized carbons (Fsp3) is 0.357. The summed E-state index contributed by atoms with van der Waals surface area (Å²) >= 11 is 0. The predicted molar refractivity (Wildman–Crippen MR) is 131 cm³/mol. The van der Waals surface area contributed by atoms with E-state index in [9.17, 15) is 0 Å². The number of rotatable bonds is 9. The summed E-state index contributed by atoms with van der Waals surface area (Å²) in [7, 11) is 10.1. The van der Waals surface area contributed by atoms with Gasteiger partial charge >= 0.3 is 0 Å². The summed E-state index contributed by atoms with van der Waals surface area (Å²) in [6, 6.07) is 18.1. The van der Waals surface area contributed by atoms with Gasteiger partial charge in [-0.15, -0.1) is 0 Å². The van der Waals surface area contributed by atoms with Crippen LogP contribution in [0.2, 0.25) is 0 Å². The molecule has 0 saturated heterocycles. The van der Waals surface area contributed by atoms with E-state index in [0.717, 1.165) is 57.6 Å². The second kappa shape index (κ2) is 10.2. The van der Waals surface area contributed by atoms with Crippen LogP contribution < -0.4 is 28.4 Å². The lowest BCUT2D eigenvalue weighted by molar-refractivity contribution is 0.260. The summed E-state index contributed by atoms with van der Waals surface area (Å²) in [4.78, 5) is 0. The van der Waals surface area contributed by atoms with Crippen LogP contribution in [0.4, 0.5) is 0 Å². The molecule has 1 aliphatic rings. The number of methoxy groups -OCH3 is 6. The van der Waals surface area contributed by atoms with E-state index >= 15 is 0 Å². The fourth-order valence-corrected chi connectivity index (χ4v) is 5.07. The van der Waals surface area contributed by atoms with Crippen molar-refractivity contribution in [3.63, 3.8) is 0 Å². The van der Waals surface area contributed by atoms with Crippen LogP contribution in [0.1, 0.15) is 40.9 Å². The third-order valence-electron chi connectivity index (χ3n) is 6.85. The number of benzene rings is 3. The maximum absolute atomic E-state index is 5.82. The van der Waals surface area contributed by atoms with Gasteiger partial charge in [0.15, 0.2) is 0 Å². The molecule has 4 rings (SSSR count). The highest BCUT2D eigenvalue weighted by molar-refractivity contribution is 5.54. The highest BCUT2D eigenvalue weighted by atomic mass is 16.5. The van der Waals surface area contributed by atoms with Crippen molar-refractivity contribution in [2.45, 2.75) is 24.2 Å². The minimum atomic E-state index is 0.144. The van der Waals surface area contributed by atoms with Crippen molar-refractivity contribution in [2.75, 3.05) is 42.7 Å². The molecule has 0 N–H and O–H groups in total. The van der Waals surface area contributed by atoms with Gasteiger partial charge in [0.2, 0.25) is 0 Å². The standard InChI is InChI=1S/C28H32O6/c1-29-17-7-10-20(25(13-17)32-4)23-16-24(21-11-8-18(30-2)14-26(21)33-5)28(23)22-12-9-19(31-3)15-27(22)34-6/h7-15,23-24,28H,16H2,1-6H3. The molecule has 0 aliphatic heterocycles. The van der Waals surface area contributed by atoms with Gasteiger partial charge in [-0.25, -0.2) is 0 Å². The minimum absolute atomic E-state index is 0.144. The molecule has 0 heterocycles. The number of hydrogen-bond donors (Lipinski definition) is 0. The van der Waals surface area contributed by atoms with E-state index < -0.39 is 0 Å². The monoisotopic (exact) mass is 464 g/mol. The molecule has 1 saturated carbocycles. The molecular formula is C28H32O6. The van der Waals surface area contributed by atoms with Crippen LogP contribution in [-0.4, -0.2) is 42.7 Å². The normalized spacial score (nSPS) is 19.1. The molecule has 6 heteroatoms. The summed E-state index contributed by atoms with van der Waals surface area (Å²) in [6.45, 7) is 0. The molecule has 3 aromatic rings. The molecule has 1 fully saturated rings. The van der Waals surface area contributed by atoms with Crippen LogP contribution in [0.5, 0.6) is 34.5 Å². The lowest BCUT2D eigenvalue weighted by atomic mass is 9.57. The maximum Gasteiger partial charge on any atom is 0.126 e. The first-order chi connectivity index (χ1) is 16.6. The maximum atomic E-state index is 5.82. The number of hydrogen-bond acceptors (Lipinski definition) is 6. The van der Waals surface area contributed by atoms with Gasteiger partial charge in [0.25, 0.3) is 0 Å². The van der Waals surface area contributed by atoms with Gasteiger partial charge in [0, 0.05) is 24.1 Å². The van der Waals surface area contributed by atoms with Gasteiger partial charge in [-0.05, 0) is 53.1 Å². The van der Waals surface area contributed by atoms with Gasteiger partial charge < -0.3 is 28.4 Å². The molecule has 34 heavy (non-hydrogen) atoms. The Morgan fingerprint density at radius 1 is 0.471 bits per heavy atom. The van der Waals surface area contributed by atoms with Crippen LogP contribution >= 0.6 is 0 Å². The molecule has 1 aliphatic carbocycles. The Morgan fingerprint density at radius 2 is 0.824 bits per heavy atom. The average molecular weight is 465 g/mol. The zero-order chi connectivity index (χ0) is 24.2. The molecule has 2 atom stereocenters. The highest BCUT2D eigenvalue weighted by Crippen LogP contribution is 2.62. The summed E-state index contributed by atoms with van der Waals surface area (Å²) in [5, 5.41) is 0. The first kappa shape index (κ1) is 23.6. The predicted octanol–water partition coefficient (Wildman–Crippen LogP) is 5.79. The van der Waals surface area contributed by atoms with Gasteiger partial charge in [-0.3, -0.25) is 0 Å². The van der Waals surface area contributed by atoms with Crippen molar-refractivity contribution in [1.29, 1.82) is 0 Å². The van der Waals surface area contributed by atoms with Crippen LogP contribution in [0.3, 0.4) is 0 Å². The Bertz CT molecular complexity index is 1080. The van der Waals surface area contributed by atoms with Gasteiger partial charge in [-0.1, -0.05) is 18.2 Å².